The minimum absolute atomic E-state index is 0.456. The van der Waals surface area contributed by atoms with E-state index in [1.807, 2.05) is 6.07 Å². The third kappa shape index (κ3) is 2.86. The SMILES string of the molecule is CCC[C@@H](C)Nc1ncccn1. The number of aromatic nitrogens is 2. The summed E-state index contributed by atoms with van der Waals surface area (Å²) in [5, 5.41) is 3.22. The molecule has 66 valence electrons. The Labute approximate surface area is 73.2 Å². The zero-order valence-corrected chi connectivity index (χ0v) is 7.62. The Balaban J connectivity index is 2.41. The van der Waals surface area contributed by atoms with Gasteiger partial charge in [0.05, 0.1) is 0 Å². The van der Waals surface area contributed by atoms with Crippen molar-refractivity contribution in [2.45, 2.75) is 32.7 Å². The third-order valence-electron chi connectivity index (χ3n) is 1.66. The summed E-state index contributed by atoms with van der Waals surface area (Å²) in [5.41, 5.74) is 0. The summed E-state index contributed by atoms with van der Waals surface area (Å²) in [6, 6.07) is 2.27. The molecule has 0 radical (unpaired) electrons. The second kappa shape index (κ2) is 4.70. The number of nitrogens with zero attached hydrogens (tertiary/aromatic N) is 2. The molecule has 1 aromatic heterocycles. The van der Waals surface area contributed by atoms with E-state index in [0.717, 1.165) is 12.4 Å². The first-order chi connectivity index (χ1) is 5.83. The summed E-state index contributed by atoms with van der Waals surface area (Å²) in [6.45, 7) is 4.31. The van der Waals surface area contributed by atoms with Gasteiger partial charge < -0.3 is 5.32 Å². The first-order valence-electron chi connectivity index (χ1n) is 4.36. The standard InChI is InChI=1S/C9H15N3/c1-3-5-8(2)12-9-10-6-4-7-11-9/h4,6-8H,3,5H2,1-2H3,(H,10,11,12)/t8-/m1/s1. The molecule has 1 N–H and O–H groups in total. The van der Waals surface area contributed by atoms with Gasteiger partial charge in [-0.15, -0.1) is 0 Å². The lowest BCUT2D eigenvalue weighted by Gasteiger charge is -2.11. The van der Waals surface area contributed by atoms with Gasteiger partial charge in [0.2, 0.25) is 5.95 Å². The van der Waals surface area contributed by atoms with E-state index in [1.54, 1.807) is 12.4 Å². The molecule has 0 fully saturated rings. The second-order valence-corrected chi connectivity index (χ2v) is 2.91. The van der Waals surface area contributed by atoms with Crippen molar-refractivity contribution >= 4 is 5.95 Å². The van der Waals surface area contributed by atoms with E-state index in [0.29, 0.717) is 6.04 Å². The Morgan fingerprint density at radius 2 is 2.08 bits per heavy atom. The second-order valence-electron chi connectivity index (χ2n) is 2.91. The van der Waals surface area contributed by atoms with E-state index >= 15 is 0 Å². The van der Waals surface area contributed by atoms with Crippen LogP contribution in [0.5, 0.6) is 0 Å². The molecular weight excluding hydrogens is 150 g/mol. The lowest BCUT2D eigenvalue weighted by Crippen LogP contribution is -2.16. The highest BCUT2D eigenvalue weighted by Gasteiger charge is 2.00. The molecule has 0 saturated carbocycles. The minimum atomic E-state index is 0.456. The monoisotopic (exact) mass is 165 g/mol. The fraction of sp³-hybridized carbons (Fsp3) is 0.556. The lowest BCUT2D eigenvalue weighted by atomic mass is 10.2. The number of rotatable bonds is 4. The lowest BCUT2D eigenvalue weighted by molar-refractivity contribution is 0.684. The molecule has 12 heavy (non-hydrogen) atoms. The summed E-state index contributed by atoms with van der Waals surface area (Å²) in [5.74, 6) is 0.721. The molecule has 0 aliphatic rings. The molecule has 1 heterocycles. The van der Waals surface area contributed by atoms with Gasteiger partial charge in [-0.3, -0.25) is 0 Å². The fourth-order valence-electron chi connectivity index (χ4n) is 1.10. The Morgan fingerprint density at radius 3 is 2.67 bits per heavy atom. The van der Waals surface area contributed by atoms with Gasteiger partial charge in [0.25, 0.3) is 0 Å². The average Bonchev–Trinajstić information content (AvgIpc) is 2.06. The van der Waals surface area contributed by atoms with Crippen LogP contribution in [0.15, 0.2) is 18.5 Å². The summed E-state index contributed by atoms with van der Waals surface area (Å²) in [4.78, 5) is 8.16. The fourth-order valence-corrected chi connectivity index (χ4v) is 1.10. The molecule has 0 aliphatic carbocycles. The van der Waals surface area contributed by atoms with Crippen LogP contribution in [-0.2, 0) is 0 Å². The first kappa shape index (κ1) is 8.97. The van der Waals surface area contributed by atoms with Crippen molar-refractivity contribution in [2.75, 3.05) is 5.32 Å². The number of hydrogen-bond donors (Lipinski definition) is 1. The van der Waals surface area contributed by atoms with Gasteiger partial charge in [-0.25, -0.2) is 9.97 Å². The predicted octanol–water partition coefficient (Wildman–Crippen LogP) is 2.08. The Morgan fingerprint density at radius 1 is 1.42 bits per heavy atom. The molecule has 0 amide bonds. The average molecular weight is 165 g/mol. The maximum Gasteiger partial charge on any atom is 0.222 e. The summed E-state index contributed by atoms with van der Waals surface area (Å²) in [7, 11) is 0. The van der Waals surface area contributed by atoms with Crippen LogP contribution < -0.4 is 5.32 Å². The quantitative estimate of drug-likeness (QED) is 0.742. The van der Waals surface area contributed by atoms with E-state index in [4.69, 9.17) is 0 Å². The van der Waals surface area contributed by atoms with Gasteiger partial charge in [-0.1, -0.05) is 13.3 Å². The molecule has 3 heteroatoms. The summed E-state index contributed by atoms with van der Waals surface area (Å²) in [6.07, 6.45) is 5.82. The van der Waals surface area contributed by atoms with E-state index in [1.165, 1.54) is 6.42 Å². The summed E-state index contributed by atoms with van der Waals surface area (Å²) >= 11 is 0. The summed E-state index contributed by atoms with van der Waals surface area (Å²) < 4.78 is 0. The predicted molar refractivity (Wildman–Crippen MR) is 50.0 cm³/mol. The van der Waals surface area contributed by atoms with Crippen LogP contribution in [-0.4, -0.2) is 16.0 Å². The molecule has 0 spiro atoms. The number of nitrogens with one attached hydrogen (secondary N) is 1. The van der Waals surface area contributed by atoms with Crippen molar-refractivity contribution in [3.8, 4) is 0 Å². The molecule has 1 aromatic rings. The zero-order valence-electron chi connectivity index (χ0n) is 7.62. The van der Waals surface area contributed by atoms with Crippen molar-refractivity contribution < 1.29 is 0 Å². The van der Waals surface area contributed by atoms with Gasteiger partial charge in [-0.2, -0.15) is 0 Å². The van der Waals surface area contributed by atoms with Crippen LogP contribution >= 0.6 is 0 Å². The van der Waals surface area contributed by atoms with Crippen LogP contribution in [0.25, 0.3) is 0 Å². The Kier molecular flexibility index (Phi) is 3.51. The van der Waals surface area contributed by atoms with Crippen molar-refractivity contribution in [2.24, 2.45) is 0 Å². The van der Waals surface area contributed by atoms with E-state index < -0.39 is 0 Å². The van der Waals surface area contributed by atoms with Crippen LogP contribution in [0, 0.1) is 0 Å². The first-order valence-corrected chi connectivity index (χ1v) is 4.36. The molecule has 0 aromatic carbocycles. The van der Waals surface area contributed by atoms with Gasteiger partial charge in [-0.05, 0) is 19.4 Å². The van der Waals surface area contributed by atoms with Gasteiger partial charge in [0, 0.05) is 18.4 Å². The van der Waals surface area contributed by atoms with Crippen LogP contribution in [0.4, 0.5) is 5.95 Å². The Hall–Kier alpha value is -1.12. The molecule has 0 bridgehead atoms. The zero-order chi connectivity index (χ0) is 8.81. The normalized spacial score (nSPS) is 12.5. The molecule has 0 unspecified atom stereocenters. The minimum Gasteiger partial charge on any atom is -0.352 e. The third-order valence-corrected chi connectivity index (χ3v) is 1.66. The van der Waals surface area contributed by atoms with Crippen molar-refractivity contribution in [1.29, 1.82) is 0 Å². The van der Waals surface area contributed by atoms with E-state index in [2.05, 4.69) is 29.1 Å². The highest BCUT2D eigenvalue weighted by atomic mass is 15.1. The largest absolute Gasteiger partial charge is 0.352 e. The highest BCUT2D eigenvalue weighted by Crippen LogP contribution is 2.02. The van der Waals surface area contributed by atoms with Crippen LogP contribution in [0.1, 0.15) is 26.7 Å². The number of hydrogen-bond acceptors (Lipinski definition) is 3. The molecule has 0 aliphatic heterocycles. The number of anilines is 1. The molecule has 3 nitrogen and oxygen atoms in total. The van der Waals surface area contributed by atoms with Gasteiger partial charge in [0.1, 0.15) is 0 Å². The maximum absolute atomic E-state index is 4.08. The Bertz CT molecular complexity index is 210. The molecular formula is C9H15N3. The van der Waals surface area contributed by atoms with Crippen LogP contribution in [0.3, 0.4) is 0 Å². The molecule has 1 atom stereocenters. The van der Waals surface area contributed by atoms with Crippen molar-refractivity contribution in [3.63, 3.8) is 0 Å². The van der Waals surface area contributed by atoms with Gasteiger partial charge in [0.15, 0.2) is 0 Å². The van der Waals surface area contributed by atoms with E-state index in [-0.39, 0.29) is 0 Å². The molecule has 1 rings (SSSR count). The van der Waals surface area contributed by atoms with Crippen molar-refractivity contribution in [1.82, 2.24) is 9.97 Å². The van der Waals surface area contributed by atoms with E-state index in [9.17, 15) is 0 Å². The van der Waals surface area contributed by atoms with Crippen LogP contribution in [0.2, 0.25) is 0 Å². The van der Waals surface area contributed by atoms with Crippen molar-refractivity contribution in [3.05, 3.63) is 18.5 Å². The highest BCUT2D eigenvalue weighted by molar-refractivity contribution is 5.23. The topological polar surface area (TPSA) is 37.8 Å². The smallest absolute Gasteiger partial charge is 0.222 e. The maximum atomic E-state index is 4.08. The molecule has 0 saturated heterocycles. The van der Waals surface area contributed by atoms with Gasteiger partial charge >= 0.3 is 0 Å².